The number of rotatable bonds is 8. The first kappa shape index (κ1) is 21.5. The van der Waals surface area contributed by atoms with E-state index in [4.69, 9.17) is 22.8 Å². The number of ether oxygens (including phenoxy) is 2. The average Bonchev–Trinajstić information content (AvgIpc) is 2.60. The minimum Gasteiger partial charge on any atom is -0.415 e. The van der Waals surface area contributed by atoms with Crippen molar-refractivity contribution in [1.29, 1.82) is 0 Å². The van der Waals surface area contributed by atoms with Crippen LogP contribution in [0.25, 0.3) is 0 Å². The molecule has 5 nitrogen and oxygen atoms in total. The molecule has 0 unspecified atom stereocenters. The summed E-state index contributed by atoms with van der Waals surface area (Å²) in [6.45, 7) is 20.2. The third kappa shape index (κ3) is 7.91. The standard InChI is InChI=1S/C15H36O5Si3/c1-16-15-14(20-23(8,9)10)13(19-22(5,6)7)12(18-15)11-17-21(2,3)4/h12-15H,11H2,1-10H3/t12-,13+,14+,15+/m1/s1. The zero-order chi connectivity index (χ0) is 18.1. The van der Waals surface area contributed by atoms with Gasteiger partial charge in [-0.1, -0.05) is 0 Å². The Morgan fingerprint density at radius 3 is 1.61 bits per heavy atom. The van der Waals surface area contributed by atoms with Gasteiger partial charge < -0.3 is 22.8 Å². The van der Waals surface area contributed by atoms with E-state index < -0.39 is 31.2 Å². The van der Waals surface area contributed by atoms with Crippen molar-refractivity contribution in [2.45, 2.75) is 83.5 Å². The molecule has 0 aromatic rings. The Morgan fingerprint density at radius 1 is 0.739 bits per heavy atom. The molecular formula is C15H36O5Si3. The molecule has 1 aliphatic rings. The quantitative estimate of drug-likeness (QED) is 0.602. The second kappa shape index (κ2) is 7.77. The molecular weight excluding hydrogens is 344 g/mol. The maximum absolute atomic E-state index is 6.43. The Hall–Kier alpha value is 0.451. The van der Waals surface area contributed by atoms with Gasteiger partial charge in [-0.15, -0.1) is 0 Å². The normalized spacial score (nSPS) is 30.0. The summed E-state index contributed by atoms with van der Waals surface area (Å²) in [5, 5.41) is 0. The van der Waals surface area contributed by atoms with Crippen LogP contribution in [0.5, 0.6) is 0 Å². The van der Waals surface area contributed by atoms with Gasteiger partial charge in [-0.3, -0.25) is 0 Å². The highest BCUT2D eigenvalue weighted by atomic mass is 28.4. The molecule has 0 aromatic heterocycles. The monoisotopic (exact) mass is 380 g/mol. The van der Waals surface area contributed by atoms with Gasteiger partial charge in [0, 0.05) is 7.11 Å². The van der Waals surface area contributed by atoms with E-state index in [1.165, 1.54) is 0 Å². The highest BCUT2D eigenvalue weighted by Gasteiger charge is 2.49. The minimum atomic E-state index is -1.74. The molecule has 0 amide bonds. The Bertz CT molecular complexity index is 373. The summed E-state index contributed by atoms with van der Waals surface area (Å²) in [6, 6.07) is 0. The van der Waals surface area contributed by atoms with Crippen molar-refractivity contribution in [2.24, 2.45) is 0 Å². The Labute approximate surface area is 145 Å². The molecule has 1 rings (SSSR count). The van der Waals surface area contributed by atoms with Gasteiger partial charge >= 0.3 is 0 Å². The lowest BCUT2D eigenvalue weighted by Gasteiger charge is -2.34. The van der Waals surface area contributed by atoms with Crippen LogP contribution in [0.4, 0.5) is 0 Å². The molecule has 1 heterocycles. The summed E-state index contributed by atoms with van der Waals surface area (Å²) in [6.07, 6.45) is -0.846. The van der Waals surface area contributed by atoms with Crippen LogP contribution in [0.3, 0.4) is 0 Å². The van der Waals surface area contributed by atoms with Crippen molar-refractivity contribution < 1.29 is 22.8 Å². The predicted octanol–water partition coefficient (Wildman–Crippen LogP) is 3.65. The van der Waals surface area contributed by atoms with Crippen LogP contribution in [-0.2, 0) is 22.8 Å². The van der Waals surface area contributed by atoms with Crippen LogP contribution < -0.4 is 0 Å². The van der Waals surface area contributed by atoms with E-state index in [0.29, 0.717) is 6.61 Å². The van der Waals surface area contributed by atoms with Crippen molar-refractivity contribution in [3.8, 4) is 0 Å². The van der Waals surface area contributed by atoms with Gasteiger partial charge in [-0.05, 0) is 58.9 Å². The van der Waals surface area contributed by atoms with Crippen LogP contribution in [0.15, 0.2) is 0 Å². The molecule has 1 saturated heterocycles. The summed E-state index contributed by atoms with van der Waals surface area (Å²) in [4.78, 5) is 0. The topological polar surface area (TPSA) is 46.2 Å². The van der Waals surface area contributed by atoms with Gasteiger partial charge in [-0.2, -0.15) is 0 Å². The maximum atomic E-state index is 6.43. The third-order valence-electron chi connectivity index (χ3n) is 3.16. The lowest BCUT2D eigenvalue weighted by atomic mass is 10.1. The fourth-order valence-corrected chi connectivity index (χ4v) is 5.26. The highest BCUT2D eigenvalue weighted by Crippen LogP contribution is 2.32. The maximum Gasteiger partial charge on any atom is 0.185 e. The van der Waals surface area contributed by atoms with Crippen LogP contribution in [0.1, 0.15) is 0 Å². The first-order valence-electron chi connectivity index (χ1n) is 8.40. The van der Waals surface area contributed by atoms with Crippen LogP contribution >= 0.6 is 0 Å². The zero-order valence-electron chi connectivity index (χ0n) is 16.6. The van der Waals surface area contributed by atoms with Crippen molar-refractivity contribution in [1.82, 2.24) is 0 Å². The van der Waals surface area contributed by atoms with E-state index in [0.717, 1.165) is 0 Å². The molecule has 0 aliphatic carbocycles. The van der Waals surface area contributed by atoms with Crippen molar-refractivity contribution in [3.63, 3.8) is 0 Å². The molecule has 1 aliphatic heterocycles. The molecule has 8 heteroatoms. The largest absolute Gasteiger partial charge is 0.415 e. The van der Waals surface area contributed by atoms with E-state index in [-0.39, 0.29) is 18.3 Å². The predicted molar refractivity (Wildman–Crippen MR) is 101 cm³/mol. The Kier molecular flexibility index (Phi) is 7.27. The van der Waals surface area contributed by atoms with Gasteiger partial charge in [0.1, 0.15) is 18.3 Å². The van der Waals surface area contributed by atoms with Crippen LogP contribution in [-0.4, -0.2) is 63.3 Å². The molecule has 138 valence electrons. The van der Waals surface area contributed by atoms with E-state index >= 15 is 0 Å². The fourth-order valence-electron chi connectivity index (χ4n) is 2.43. The van der Waals surface area contributed by atoms with Gasteiger partial charge in [0.2, 0.25) is 0 Å². The summed E-state index contributed by atoms with van der Waals surface area (Å²) in [5.41, 5.74) is 0. The molecule has 23 heavy (non-hydrogen) atoms. The summed E-state index contributed by atoms with van der Waals surface area (Å²) in [5.74, 6) is 0. The van der Waals surface area contributed by atoms with Crippen LogP contribution in [0.2, 0.25) is 58.9 Å². The SMILES string of the molecule is CO[C@H]1O[C@H](CO[Si](C)(C)C)[C@H](O[Si](C)(C)C)[C@@H]1O[Si](C)(C)C. The number of methoxy groups -OCH3 is 1. The first-order valence-corrected chi connectivity index (χ1v) is 18.6. The van der Waals surface area contributed by atoms with E-state index in [1.807, 2.05) is 0 Å². The van der Waals surface area contributed by atoms with Gasteiger partial charge in [-0.25, -0.2) is 0 Å². The van der Waals surface area contributed by atoms with Gasteiger partial charge in [0.05, 0.1) is 6.61 Å². The van der Waals surface area contributed by atoms with E-state index in [9.17, 15) is 0 Å². The zero-order valence-corrected chi connectivity index (χ0v) is 19.6. The lowest BCUT2D eigenvalue weighted by Crippen LogP contribution is -2.49. The van der Waals surface area contributed by atoms with Crippen LogP contribution in [0, 0.1) is 0 Å². The molecule has 0 radical (unpaired) electrons. The van der Waals surface area contributed by atoms with Gasteiger partial charge in [0.15, 0.2) is 31.2 Å². The summed E-state index contributed by atoms with van der Waals surface area (Å²) in [7, 11) is -3.43. The smallest absolute Gasteiger partial charge is 0.185 e. The molecule has 0 aromatic carbocycles. The van der Waals surface area contributed by atoms with Gasteiger partial charge in [0.25, 0.3) is 0 Å². The average molecular weight is 381 g/mol. The second-order valence-corrected chi connectivity index (χ2v) is 22.5. The van der Waals surface area contributed by atoms with Crippen molar-refractivity contribution >= 4 is 25.0 Å². The Balaban J connectivity index is 2.95. The Morgan fingerprint density at radius 2 is 1.22 bits per heavy atom. The minimum absolute atomic E-state index is 0.130. The number of hydrogen-bond donors (Lipinski definition) is 0. The number of hydrogen-bond acceptors (Lipinski definition) is 5. The van der Waals surface area contributed by atoms with Crippen molar-refractivity contribution in [3.05, 3.63) is 0 Å². The second-order valence-electron chi connectivity index (χ2n) is 9.09. The highest BCUT2D eigenvalue weighted by molar-refractivity contribution is 6.70. The first-order chi connectivity index (χ1) is 10.2. The van der Waals surface area contributed by atoms with E-state index in [1.54, 1.807) is 7.11 Å². The molecule has 0 N–H and O–H groups in total. The molecule has 1 fully saturated rings. The third-order valence-corrected chi connectivity index (χ3v) is 6.15. The molecule has 0 spiro atoms. The molecule has 0 bridgehead atoms. The summed E-state index contributed by atoms with van der Waals surface area (Å²) >= 11 is 0. The molecule has 4 atom stereocenters. The summed E-state index contributed by atoms with van der Waals surface area (Å²) < 4.78 is 30.5. The molecule has 0 saturated carbocycles. The lowest BCUT2D eigenvalue weighted by molar-refractivity contribution is -0.149. The fraction of sp³-hybridized carbons (Fsp3) is 1.00. The van der Waals surface area contributed by atoms with Crippen molar-refractivity contribution in [2.75, 3.05) is 13.7 Å². The van der Waals surface area contributed by atoms with E-state index in [2.05, 4.69) is 58.9 Å².